The number of hydrogen-bond donors (Lipinski definition) is 2. The van der Waals surface area contributed by atoms with Crippen molar-refractivity contribution >= 4 is 26.9 Å². The Balaban J connectivity index is 1.52. The van der Waals surface area contributed by atoms with E-state index in [0.717, 1.165) is 16.3 Å². The summed E-state index contributed by atoms with van der Waals surface area (Å²) in [6.07, 6.45) is 7.43. The second-order valence-electron chi connectivity index (χ2n) is 6.38. The lowest BCUT2D eigenvalue weighted by Crippen LogP contribution is -2.39. The van der Waals surface area contributed by atoms with E-state index in [1.165, 1.54) is 0 Å². The van der Waals surface area contributed by atoms with Gasteiger partial charge in [-0.2, -0.15) is 0 Å². The molecule has 1 atom stereocenters. The van der Waals surface area contributed by atoms with Gasteiger partial charge in [-0.05, 0) is 36.1 Å². The van der Waals surface area contributed by atoms with E-state index in [9.17, 15) is 8.42 Å². The number of fused-ring (bicyclic) bond motifs is 1. The van der Waals surface area contributed by atoms with Crippen molar-refractivity contribution in [3.8, 4) is 0 Å². The zero-order chi connectivity index (χ0) is 19.1. The van der Waals surface area contributed by atoms with Crippen LogP contribution in [0.4, 0.5) is 0 Å². The number of sulfonamides is 1. The first kappa shape index (κ1) is 19.2. The van der Waals surface area contributed by atoms with E-state index in [2.05, 4.69) is 15.0 Å². The van der Waals surface area contributed by atoms with E-state index in [4.69, 9.17) is 0 Å². The quantitative estimate of drug-likeness (QED) is 0.588. The third-order valence-electron chi connectivity index (χ3n) is 4.10. The van der Waals surface area contributed by atoms with Crippen molar-refractivity contribution in [2.45, 2.75) is 17.9 Å². The Hall–Kier alpha value is -2.54. The fourth-order valence-corrected chi connectivity index (χ4v) is 4.02. The summed E-state index contributed by atoms with van der Waals surface area (Å²) in [4.78, 5) is 4.30. The molecule has 2 aromatic carbocycles. The van der Waals surface area contributed by atoms with Crippen LogP contribution in [0.2, 0.25) is 0 Å². The Kier molecular flexibility index (Phi) is 6.34. The lowest BCUT2D eigenvalue weighted by atomic mass is 10.2. The molecule has 6 heteroatoms. The van der Waals surface area contributed by atoms with Gasteiger partial charge in [0, 0.05) is 36.9 Å². The molecule has 0 spiro atoms. The highest BCUT2D eigenvalue weighted by atomic mass is 32.2. The molecule has 0 aliphatic rings. The van der Waals surface area contributed by atoms with Crippen molar-refractivity contribution in [3.63, 3.8) is 0 Å². The first-order valence-electron chi connectivity index (χ1n) is 8.83. The average Bonchev–Trinajstić information content (AvgIpc) is 2.68. The molecule has 140 valence electrons. The van der Waals surface area contributed by atoms with Crippen molar-refractivity contribution in [2.75, 3.05) is 13.1 Å². The molecular weight excluding hydrogens is 358 g/mol. The van der Waals surface area contributed by atoms with E-state index in [-0.39, 0.29) is 10.9 Å². The fraction of sp³-hybridized carbons (Fsp3) is 0.190. The van der Waals surface area contributed by atoms with Crippen molar-refractivity contribution in [1.82, 2.24) is 15.0 Å². The maximum atomic E-state index is 12.6. The zero-order valence-corrected chi connectivity index (χ0v) is 16.0. The van der Waals surface area contributed by atoms with Gasteiger partial charge in [-0.25, -0.2) is 13.1 Å². The highest BCUT2D eigenvalue weighted by molar-refractivity contribution is 7.89. The summed E-state index contributed by atoms with van der Waals surface area (Å²) >= 11 is 0. The van der Waals surface area contributed by atoms with Gasteiger partial charge < -0.3 is 5.32 Å². The monoisotopic (exact) mass is 381 g/mol. The van der Waals surface area contributed by atoms with Gasteiger partial charge in [0.15, 0.2) is 0 Å². The summed E-state index contributed by atoms with van der Waals surface area (Å²) in [5.74, 6) is 0. The Bertz CT molecular complexity index is 1020. The molecule has 0 unspecified atom stereocenters. The highest BCUT2D eigenvalue weighted by Crippen LogP contribution is 2.18. The Morgan fingerprint density at radius 1 is 1.07 bits per heavy atom. The third kappa shape index (κ3) is 5.47. The van der Waals surface area contributed by atoms with Crippen LogP contribution in [-0.4, -0.2) is 32.5 Å². The number of benzene rings is 2. The van der Waals surface area contributed by atoms with Gasteiger partial charge in [0.2, 0.25) is 10.0 Å². The lowest BCUT2D eigenvalue weighted by Gasteiger charge is -2.15. The molecule has 0 bridgehead atoms. The van der Waals surface area contributed by atoms with E-state index in [0.29, 0.717) is 13.1 Å². The summed E-state index contributed by atoms with van der Waals surface area (Å²) < 4.78 is 27.9. The number of rotatable bonds is 8. The van der Waals surface area contributed by atoms with Crippen LogP contribution >= 0.6 is 0 Å². The smallest absolute Gasteiger partial charge is 0.240 e. The minimum absolute atomic E-state index is 0.228. The second kappa shape index (κ2) is 8.90. The largest absolute Gasteiger partial charge is 0.312 e. The van der Waals surface area contributed by atoms with Crippen LogP contribution in [0.5, 0.6) is 0 Å². The van der Waals surface area contributed by atoms with Crippen LogP contribution in [0.25, 0.3) is 16.8 Å². The van der Waals surface area contributed by atoms with E-state index < -0.39 is 10.0 Å². The van der Waals surface area contributed by atoms with Crippen LogP contribution in [0.3, 0.4) is 0 Å². The lowest BCUT2D eigenvalue weighted by molar-refractivity contribution is 0.545. The standard InChI is InChI=1S/C21H23N3O2S/c1-17(15-22-12-5-8-18-6-3-2-4-7-18)24-27(25,26)21-10-9-20-16-23-13-11-19(20)14-21/h2-11,13-14,16-17,22,24H,12,15H2,1H3/t17-/m1/s1. The maximum Gasteiger partial charge on any atom is 0.240 e. The Morgan fingerprint density at radius 2 is 1.89 bits per heavy atom. The molecule has 27 heavy (non-hydrogen) atoms. The van der Waals surface area contributed by atoms with Gasteiger partial charge in [0.05, 0.1) is 4.90 Å². The number of pyridine rings is 1. The molecule has 2 N–H and O–H groups in total. The van der Waals surface area contributed by atoms with Crippen LogP contribution in [0.1, 0.15) is 12.5 Å². The van der Waals surface area contributed by atoms with Crippen LogP contribution in [-0.2, 0) is 10.0 Å². The Labute approximate surface area is 160 Å². The van der Waals surface area contributed by atoms with Crippen LogP contribution < -0.4 is 10.0 Å². The van der Waals surface area contributed by atoms with Gasteiger partial charge in [-0.3, -0.25) is 4.98 Å². The fourth-order valence-electron chi connectivity index (χ4n) is 2.75. The molecule has 3 aromatic rings. The third-order valence-corrected chi connectivity index (χ3v) is 5.69. The predicted molar refractivity (Wildman–Crippen MR) is 110 cm³/mol. The van der Waals surface area contributed by atoms with Crippen LogP contribution in [0.15, 0.2) is 78.0 Å². The average molecular weight is 382 g/mol. The topological polar surface area (TPSA) is 71.1 Å². The number of nitrogens with zero attached hydrogens (tertiary/aromatic N) is 1. The normalized spacial score (nSPS) is 13.2. The van der Waals surface area contributed by atoms with Gasteiger partial charge in [-0.15, -0.1) is 0 Å². The molecular formula is C21H23N3O2S. The van der Waals surface area contributed by atoms with Gasteiger partial charge in [-0.1, -0.05) is 48.6 Å². The van der Waals surface area contributed by atoms with Crippen molar-refractivity contribution in [3.05, 3.63) is 78.6 Å². The second-order valence-corrected chi connectivity index (χ2v) is 8.09. The Morgan fingerprint density at radius 3 is 2.70 bits per heavy atom. The summed E-state index contributed by atoms with van der Waals surface area (Å²) in [6, 6.07) is 16.7. The van der Waals surface area contributed by atoms with Crippen molar-refractivity contribution < 1.29 is 8.42 Å². The molecule has 0 aliphatic carbocycles. The van der Waals surface area contributed by atoms with Crippen LogP contribution in [0, 0.1) is 0 Å². The predicted octanol–water partition coefficient (Wildman–Crippen LogP) is 3.20. The van der Waals surface area contributed by atoms with E-state index in [1.54, 1.807) is 36.7 Å². The molecule has 1 heterocycles. The first-order valence-corrected chi connectivity index (χ1v) is 10.3. The minimum Gasteiger partial charge on any atom is -0.312 e. The summed E-state index contributed by atoms with van der Waals surface area (Å²) in [6.45, 7) is 3.05. The molecule has 3 rings (SSSR count). The highest BCUT2D eigenvalue weighted by Gasteiger charge is 2.17. The van der Waals surface area contributed by atoms with Gasteiger partial charge >= 0.3 is 0 Å². The summed E-state index contributed by atoms with van der Waals surface area (Å²) in [7, 11) is -3.57. The SMILES string of the molecule is C[C@H](CNCC=Cc1ccccc1)NS(=O)(=O)c1ccc2cnccc2c1. The molecule has 1 aromatic heterocycles. The molecule has 0 saturated carbocycles. The molecule has 0 saturated heterocycles. The molecule has 0 amide bonds. The summed E-state index contributed by atoms with van der Waals surface area (Å²) in [5.41, 5.74) is 1.14. The van der Waals surface area contributed by atoms with Crippen molar-refractivity contribution in [2.24, 2.45) is 0 Å². The first-order chi connectivity index (χ1) is 13.0. The van der Waals surface area contributed by atoms with Gasteiger partial charge in [0.1, 0.15) is 0 Å². The zero-order valence-electron chi connectivity index (χ0n) is 15.2. The summed E-state index contributed by atoms with van der Waals surface area (Å²) in [5, 5.41) is 5.00. The molecule has 5 nitrogen and oxygen atoms in total. The molecule has 0 aliphatic heterocycles. The number of aromatic nitrogens is 1. The molecule has 0 radical (unpaired) electrons. The maximum absolute atomic E-state index is 12.6. The van der Waals surface area contributed by atoms with Gasteiger partial charge in [0.25, 0.3) is 0 Å². The number of nitrogens with one attached hydrogen (secondary N) is 2. The van der Waals surface area contributed by atoms with Crippen molar-refractivity contribution in [1.29, 1.82) is 0 Å². The number of hydrogen-bond acceptors (Lipinski definition) is 4. The van der Waals surface area contributed by atoms with E-state index >= 15 is 0 Å². The molecule has 0 fully saturated rings. The minimum atomic E-state index is -3.57. The van der Waals surface area contributed by atoms with E-state index in [1.807, 2.05) is 49.4 Å².